The van der Waals surface area contributed by atoms with Crippen LogP contribution < -0.4 is 5.32 Å². The van der Waals surface area contributed by atoms with E-state index in [-0.39, 0.29) is 5.60 Å². The summed E-state index contributed by atoms with van der Waals surface area (Å²) in [5, 5.41) is 3.42. The maximum Gasteiger partial charge on any atom is 0.0729 e. The Morgan fingerprint density at radius 2 is 2.06 bits per heavy atom. The van der Waals surface area contributed by atoms with Crippen LogP contribution >= 0.6 is 0 Å². The Kier molecular flexibility index (Phi) is 4.62. The SMILES string of the molecule is CCNCCC1CCOC2(CCOCC2)C1. The fraction of sp³-hybridized carbons (Fsp3) is 1.00. The predicted molar refractivity (Wildman–Crippen MR) is 64.6 cm³/mol. The zero-order valence-corrected chi connectivity index (χ0v) is 10.5. The summed E-state index contributed by atoms with van der Waals surface area (Å²) < 4.78 is 11.5. The molecule has 0 aromatic rings. The quantitative estimate of drug-likeness (QED) is 0.745. The van der Waals surface area contributed by atoms with Gasteiger partial charge in [0.15, 0.2) is 0 Å². The van der Waals surface area contributed by atoms with Crippen LogP contribution in [0.2, 0.25) is 0 Å². The van der Waals surface area contributed by atoms with E-state index in [9.17, 15) is 0 Å². The van der Waals surface area contributed by atoms with E-state index in [4.69, 9.17) is 9.47 Å². The molecule has 0 aliphatic carbocycles. The summed E-state index contributed by atoms with van der Waals surface area (Å²) in [6, 6.07) is 0. The first kappa shape index (κ1) is 12.3. The van der Waals surface area contributed by atoms with Gasteiger partial charge >= 0.3 is 0 Å². The lowest BCUT2D eigenvalue weighted by atomic mass is 9.79. The molecule has 2 heterocycles. The highest BCUT2D eigenvalue weighted by Gasteiger charge is 2.38. The molecule has 2 saturated heterocycles. The zero-order valence-electron chi connectivity index (χ0n) is 10.5. The van der Waals surface area contributed by atoms with Crippen molar-refractivity contribution >= 4 is 0 Å². The van der Waals surface area contributed by atoms with Crippen LogP contribution in [0, 0.1) is 5.92 Å². The average Bonchev–Trinajstić information content (AvgIpc) is 2.31. The van der Waals surface area contributed by atoms with E-state index in [0.29, 0.717) is 0 Å². The van der Waals surface area contributed by atoms with E-state index in [1.165, 1.54) is 19.3 Å². The van der Waals surface area contributed by atoms with E-state index in [0.717, 1.165) is 51.7 Å². The van der Waals surface area contributed by atoms with E-state index >= 15 is 0 Å². The highest BCUT2D eigenvalue weighted by Crippen LogP contribution is 2.37. The van der Waals surface area contributed by atoms with Crippen LogP contribution in [0.25, 0.3) is 0 Å². The summed E-state index contributed by atoms with van der Waals surface area (Å²) in [7, 11) is 0. The summed E-state index contributed by atoms with van der Waals surface area (Å²) >= 11 is 0. The van der Waals surface area contributed by atoms with Crippen molar-refractivity contribution in [3.05, 3.63) is 0 Å². The van der Waals surface area contributed by atoms with Gasteiger partial charge in [-0.25, -0.2) is 0 Å². The van der Waals surface area contributed by atoms with Gasteiger partial charge < -0.3 is 14.8 Å². The molecule has 0 aromatic heterocycles. The summed E-state index contributed by atoms with van der Waals surface area (Å²) in [5.41, 5.74) is 0.174. The van der Waals surface area contributed by atoms with Crippen LogP contribution in [0.5, 0.6) is 0 Å². The molecule has 1 atom stereocenters. The van der Waals surface area contributed by atoms with Gasteiger partial charge in [-0.1, -0.05) is 6.92 Å². The molecule has 3 heteroatoms. The fourth-order valence-corrected chi connectivity index (χ4v) is 2.95. The van der Waals surface area contributed by atoms with Crippen LogP contribution in [-0.4, -0.2) is 38.5 Å². The van der Waals surface area contributed by atoms with Crippen LogP contribution in [-0.2, 0) is 9.47 Å². The summed E-state index contributed by atoms with van der Waals surface area (Å²) in [5.74, 6) is 0.853. The smallest absolute Gasteiger partial charge is 0.0729 e. The molecular formula is C13H25NO2. The molecule has 0 amide bonds. The predicted octanol–water partition coefficient (Wildman–Crippen LogP) is 1.96. The lowest BCUT2D eigenvalue weighted by molar-refractivity contribution is -0.147. The first-order valence-corrected chi connectivity index (χ1v) is 6.77. The normalized spacial score (nSPS) is 29.4. The Labute approximate surface area is 98.9 Å². The van der Waals surface area contributed by atoms with Crippen molar-refractivity contribution in [2.75, 3.05) is 32.9 Å². The van der Waals surface area contributed by atoms with Crippen molar-refractivity contribution < 1.29 is 9.47 Å². The Bertz CT molecular complexity index is 197. The van der Waals surface area contributed by atoms with Gasteiger partial charge in [0.05, 0.1) is 5.60 Å². The molecule has 1 N–H and O–H groups in total. The van der Waals surface area contributed by atoms with Crippen molar-refractivity contribution in [1.29, 1.82) is 0 Å². The van der Waals surface area contributed by atoms with Crippen molar-refractivity contribution in [2.45, 2.75) is 44.6 Å². The molecule has 3 nitrogen and oxygen atoms in total. The lowest BCUT2D eigenvalue weighted by Crippen LogP contribution is -2.44. The van der Waals surface area contributed by atoms with E-state index in [1.807, 2.05) is 0 Å². The van der Waals surface area contributed by atoms with Gasteiger partial charge in [0.1, 0.15) is 0 Å². The first-order valence-electron chi connectivity index (χ1n) is 6.77. The van der Waals surface area contributed by atoms with Crippen molar-refractivity contribution in [3.8, 4) is 0 Å². The number of rotatable bonds is 4. The van der Waals surface area contributed by atoms with Crippen LogP contribution in [0.4, 0.5) is 0 Å². The Balaban J connectivity index is 1.78. The minimum absolute atomic E-state index is 0.174. The monoisotopic (exact) mass is 227 g/mol. The maximum atomic E-state index is 6.04. The zero-order chi connectivity index (χ0) is 11.3. The van der Waals surface area contributed by atoms with E-state index < -0.39 is 0 Å². The molecule has 0 saturated carbocycles. The number of hydrogen-bond donors (Lipinski definition) is 1. The molecule has 2 rings (SSSR count). The summed E-state index contributed by atoms with van der Waals surface area (Å²) in [6.45, 7) is 7.15. The lowest BCUT2D eigenvalue weighted by Gasteiger charge is -2.43. The molecule has 1 unspecified atom stereocenters. The second-order valence-corrected chi connectivity index (χ2v) is 5.14. The highest BCUT2D eigenvalue weighted by molar-refractivity contribution is 4.89. The standard InChI is InChI=1S/C13H25NO2/c1-2-14-7-3-12-4-8-16-13(11-12)5-9-15-10-6-13/h12,14H,2-11H2,1H3. The number of hydrogen-bond acceptors (Lipinski definition) is 3. The molecule has 0 radical (unpaired) electrons. The van der Waals surface area contributed by atoms with E-state index in [2.05, 4.69) is 12.2 Å². The molecular weight excluding hydrogens is 202 g/mol. The second kappa shape index (κ2) is 5.99. The minimum atomic E-state index is 0.174. The fourth-order valence-electron chi connectivity index (χ4n) is 2.95. The average molecular weight is 227 g/mol. The van der Waals surface area contributed by atoms with Crippen molar-refractivity contribution in [3.63, 3.8) is 0 Å². The third-order valence-corrected chi connectivity index (χ3v) is 3.98. The van der Waals surface area contributed by atoms with Gasteiger partial charge in [0.2, 0.25) is 0 Å². The van der Waals surface area contributed by atoms with Gasteiger partial charge in [-0.2, -0.15) is 0 Å². The minimum Gasteiger partial charge on any atom is -0.381 e. The van der Waals surface area contributed by atoms with Crippen LogP contribution in [0.15, 0.2) is 0 Å². The molecule has 2 fully saturated rings. The largest absolute Gasteiger partial charge is 0.381 e. The van der Waals surface area contributed by atoms with Gasteiger partial charge in [0.25, 0.3) is 0 Å². The van der Waals surface area contributed by atoms with Crippen molar-refractivity contribution in [1.82, 2.24) is 5.32 Å². The second-order valence-electron chi connectivity index (χ2n) is 5.14. The third kappa shape index (κ3) is 3.19. The maximum absolute atomic E-state index is 6.04. The van der Waals surface area contributed by atoms with E-state index in [1.54, 1.807) is 0 Å². The van der Waals surface area contributed by atoms with Gasteiger partial charge in [-0.15, -0.1) is 0 Å². The molecule has 0 bridgehead atoms. The number of ether oxygens (including phenoxy) is 2. The third-order valence-electron chi connectivity index (χ3n) is 3.98. The first-order chi connectivity index (χ1) is 7.85. The molecule has 16 heavy (non-hydrogen) atoms. The number of nitrogens with one attached hydrogen (secondary N) is 1. The topological polar surface area (TPSA) is 30.5 Å². The van der Waals surface area contributed by atoms with Crippen LogP contribution in [0.3, 0.4) is 0 Å². The Morgan fingerprint density at radius 3 is 2.81 bits per heavy atom. The van der Waals surface area contributed by atoms with Gasteiger partial charge in [0, 0.05) is 19.8 Å². The molecule has 2 aliphatic rings. The van der Waals surface area contributed by atoms with Gasteiger partial charge in [-0.05, 0) is 51.1 Å². The van der Waals surface area contributed by atoms with Gasteiger partial charge in [-0.3, -0.25) is 0 Å². The molecule has 1 spiro atoms. The summed E-state index contributed by atoms with van der Waals surface area (Å²) in [6.07, 6.45) is 6.00. The van der Waals surface area contributed by atoms with Crippen molar-refractivity contribution in [2.24, 2.45) is 5.92 Å². The summed E-state index contributed by atoms with van der Waals surface area (Å²) in [4.78, 5) is 0. The highest BCUT2D eigenvalue weighted by atomic mass is 16.5. The molecule has 0 aromatic carbocycles. The van der Waals surface area contributed by atoms with Crippen LogP contribution in [0.1, 0.15) is 39.0 Å². The molecule has 2 aliphatic heterocycles. The molecule has 94 valence electrons. The Morgan fingerprint density at radius 1 is 1.25 bits per heavy atom. The Hall–Kier alpha value is -0.120.